The lowest BCUT2D eigenvalue weighted by Gasteiger charge is -2.18. The first-order chi connectivity index (χ1) is 15.1. The molecule has 0 radical (unpaired) electrons. The summed E-state index contributed by atoms with van der Waals surface area (Å²) in [5.74, 6) is 1.25. The van der Waals surface area contributed by atoms with Crippen LogP contribution in [-0.4, -0.2) is 36.6 Å². The first kappa shape index (κ1) is 20.6. The minimum Gasteiger partial charge on any atom is -0.497 e. The zero-order valence-corrected chi connectivity index (χ0v) is 18.1. The third-order valence-corrected chi connectivity index (χ3v) is 5.54. The van der Waals surface area contributed by atoms with Crippen LogP contribution in [0.5, 0.6) is 11.5 Å². The molecule has 2 heterocycles. The van der Waals surface area contributed by atoms with Gasteiger partial charge < -0.3 is 14.8 Å². The molecule has 1 aromatic heterocycles. The molecule has 0 aliphatic carbocycles. The van der Waals surface area contributed by atoms with Crippen LogP contribution in [0.1, 0.15) is 12.5 Å². The number of amides is 1. The summed E-state index contributed by atoms with van der Waals surface area (Å²) in [6.45, 7) is 6.21. The number of hydrogen-bond donors (Lipinski definition) is 1. The molecule has 7 nitrogen and oxygen atoms in total. The predicted molar refractivity (Wildman–Crippen MR) is 123 cm³/mol. The monoisotopic (exact) mass is 434 g/mol. The van der Waals surface area contributed by atoms with Crippen LogP contribution in [0.2, 0.25) is 0 Å². The Morgan fingerprint density at radius 2 is 2.23 bits per heavy atom. The highest BCUT2D eigenvalue weighted by atomic mass is 32.1. The Labute approximate surface area is 184 Å². The van der Waals surface area contributed by atoms with E-state index in [0.29, 0.717) is 18.0 Å². The molecule has 8 heteroatoms. The lowest BCUT2D eigenvalue weighted by molar-refractivity contribution is -0.118. The van der Waals surface area contributed by atoms with E-state index in [4.69, 9.17) is 14.6 Å². The van der Waals surface area contributed by atoms with Crippen LogP contribution in [0.25, 0.3) is 11.3 Å². The third-order valence-electron chi connectivity index (χ3n) is 4.69. The van der Waals surface area contributed by atoms with E-state index in [1.807, 2.05) is 59.4 Å². The number of nitrogens with one attached hydrogen (secondary N) is 1. The van der Waals surface area contributed by atoms with Crippen molar-refractivity contribution in [2.75, 3.05) is 25.6 Å². The Kier molecular flexibility index (Phi) is 5.99. The lowest BCUT2D eigenvalue weighted by atomic mass is 10.1. The zero-order chi connectivity index (χ0) is 21.8. The number of nitrogens with zero attached hydrogens (tertiary/aromatic N) is 3. The molecule has 3 aromatic rings. The number of anilines is 1. The Balaban J connectivity index is 1.82. The zero-order valence-electron chi connectivity index (χ0n) is 17.3. The fraction of sp³-hybridized carbons (Fsp3) is 0.174. The van der Waals surface area contributed by atoms with Crippen molar-refractivity contribution >= 4 is 28.6 Å². The Morgan fingerprint density at radius 3 is 3.03 bits per heavy atom. The summed E-state index contributed by atoms with van der Waals surface area (Å²) in [6, 6.07) is 13.4. The maximum Gasteiger partial charge on any atom is 0.262 e. The van der Waals surface area contributed by atoms with Crippen molar-refractivity contribution in [2.24, 2.45) is 10.1 Å². The molecule has 0 bridgehead atoms. The Hall–Kier alpha value is -3.65. The van der Waals surface area contributed by atoms with Gasteiger partial charge in [-0.1, -0.05) is 18.2 Å². The van der Waals surface area contributed by atoms with Crippen molar-refractivity contribution in [1.82, 2.24) is 4.68 Å². The first-order valence-corrected chi connectivity index (χ1v) is 10.6. The molecule has 1 aliphatic heterocycles. The van der Waals surface area contributed by atoms with Crippen LogP contribution in [0.4, 0.5) is 5.69 Å². The van der Waals surface area contributed by atoms with Crippen LogP contribution in [0, 0.1) is 0 Å². The highest BCUT2D eigenvalue weighted by Crippen LogP contribution is 2.33. The molecule has 1 amide bonds. The average Bonchev–Trinajstić information content (AvgIpc) is 3.19. The number of carbonyl (C=O) groups excluding carboxylic acids is 1. The fourth-order valence-electron chi connectivity index (χ4n) is 3.14. The number of aromatic nitrogens is 1. The largest absolute Gasteiger partial charge is 0.497 e. The maximum atomic E-state index is 11.7. The molecular weight excluding hydrogens is 412 g/mol. The molecule has 0 unspecified atom stereocenters. The van der Waals surface area contributed by atoms with Gasteiger partial charge in [0.25, 0.3) is 5.91 Å². The maximum absolute atomic E-state index is 11.7. The number of fused-ring (bicyclic) bond motifs is 1. The smallest absolute Gasteiger partial charge is 0.262 e. The molecule has 0 saturated heterocycles. The second-order valence-corrected chi connectivity index (χ2v) is 7.65. The van der Waals surface area contributed by atoms with Crippen molar-refractivity contribution < 1.29 is 14.3 Å². The highest BCUT2D eigenvalue weighted by molar-refractivity contribution is 7.07. The van der Waals surface area contributed by atoms with Gasteiger partial charge in [-0.25, -0.2) is 4.68 Å². The van der Waals surface area contributed by atoms with Gasteiger partial charge in [-0.05, 0) is 37.3 Å². The first-order valence-electron chi connectivity index (χ1n) is 9.68. The second-order valence-electron chi connectivity index (χ2n) is 6.81. The number of ether oxygens (including phenoxy) is 2. The second kappa shape index (κ2) is 9.01. The SMILES string of the molecule is C=CCN=c1scc(-c2ccc3c(c2)NC(=O)CO3)n1N=C(C)c1cccc(OC)c1. The molecule has 4 rings (SSSR count). The van der Waals surface area contributed by atoms with E-state index in [0.717, 1.165) is 33.1 Å². The fourth-order valence-corrected chi connectivity index (χ4v) is 3.98. The molecule has 0 spiro atoms. The van der Waals surface area contributed by atoms with Crippen molar-refractivity contribution in [3.05, 3.63) is 70.9 Å². The normalized spacial score (nSPS) is 13.9. The van der Waals surface area contributed by atoms with E-state index in [-0.39, 0.29) is 12.5 Å². The van der Waals surface area contributed by atoms with Crippen molar-refractivity contribution in [3.8, 4) is 22.8 Å². The van der Waals surface area contributed by atoms with Crippen LogP contribution in [-0.2, 0) is 4.79 Å². The number of carbonyl (C=O) groups is 1. The quantitative estimate of drug-likeness (QED) is 0.472. The summed E-state index contributed by atoms with van der Waals surface area (Å²) in [6.07, 6.45) is 1.74. The van der Waals surface area contributed by atoms with Gasteiger partial charge in [0, 0.05) is 16.5 Å². The Morgan fingerprint density at radius 1 is 1.35 bits per heavy atom. The van der Waals surface area contributed by atoms with E-state index < -0.39 is 0 Å². The number of thiazole rings is 1. The van der Waals surface area contributed by atoms with E-state index in [1.54, 1.807) is 13.2 Å². The molecule has 0 saturated carbocycles. The highest BCUT2D eigenvalue weighted by Gasteiger charge is 2.18. The molecule has 2 aromatic carbocycles. The average molecular weight is 435 g/mol. The minimum atomic E-state index is -0.170. The van der Waals surface area contributed by atoms with Gasteiger partial charge in [0.1, 0.15) is 11.5 Å². The molecule has 0 atom stereocenters. The van der Waals surface area contributed by atoms with Gasteiger partial charge in [-0.15, -0.1) is 17.9 Å². The van der Waals surface area contributed by atoms with Crippen molar-refractivity contribution in [2.45, 2.75) is 6.92 Å². The van der Waals surface area contributed by atoms with Crippen LogP contribution in [0.3, 0.4) is 0 Å². The van der Waals surface area contributed by atoms with E-state index >= 15 is 0 Å². The number of benzene rings is 2. The van der Waals surface area contributed by atoms with Crippen LogP contribution >= 0.6 is 11.3 Å². The predicted octanol–water partition coefficient (Wildman–Crippen LogP) is 3.92. The van der Waals surface area contributed by atoms with Gasteiger partial charge in [0.2, 0.25) is 4.80 Å². The molecule has 1 N–H and O–H groups in total. The number of rotatable bonds is 6. The third kappa shape index (κ3) is 4.44. The molecule has 0 fully saturated rings. The summed E-state index contributed by atoms with van der Waals surface area (Å²) in [5, 5.41) is 9.71. The Bertz CT molecular complexity index is 1240. The number of methoxy groups -OCH3 is 1. The summed E-state index contributed by atoms with van der Waals surface area (Å²) in [4.78, 5) is 17.1. The van der Waals surface area contributed by atoms with Crippen molar-refractivity contribution in [1.29, 1.82) is 0 Å². The minimum absolute atomic E-state index is 0.0272. The van der Waals surface area contributed by atoms with E-state index in [2.05, 4.69) is 16.9 Å². The molecule has 1 aliphatic rings. The van der Waals surface area contributed by atoms with Crippen LogP contribution < -0.4 is 19.6 Å². The lowest BCUT2D eigenvalue weighted by Crippen LogP contribution is -2.25. The summed E-state index contributed by atoms with van der Waals surface area (Å²) < 4.78 is 12.6. The van der Waals surface area contributed by atoms with Gasteiger partial charge in [0.15, 0.2) is 6.61 Å². The summed E-state index contributed by atoms with van der Waals surface area (Å²) >= 11 is 1.49. The summed E-state index contributed by atoms with van der Waals surface area (Å²) in [5.41, 5.74) is 4.16. The van der Waals surface area contributed by atoms with Crippen molar-refractivity contribution in [3.63, 3.8) is 0 Å². The van der Waals surface area contributed by atoms with E-state index in [1.165, 1.54) is 11.3 Å². The molecule has 158 valence electrons. The standard InChI is InChI=1S/C23H22N4O3S/c1-4-10-24-23-27(26-15(2)16-6-5-7-18(11-16)29-3)20(14-31-23)17-8-9-21-19(12-17)25-22(28)13-30-21/h4-9,11-12,14H,1,10,13H2,2-3H3,(H,25,28). The van der Waals surface area contributed by atoms with E-state index in [9.17, 15) is 4.79 Å². The van der Waals surface area contributed by atoms with Gasteiger partial charge in [-0.2, -0.15) is 5.10 Å². The van der Waals surface area contributed by atoms with Gasteiger partial charge >= 0.3 is 0 Å². The van der Waals surface area contributed by atoms with Gasteiger partial charge in [0.05, 0.1) is 30.7 Å². The van der Waals surface area contributed by atoms with Crippen LogP contribution in [0.15, 0.2) is 70.6 Å². The van der Waals surface area contributed by atoms with Gasteiger partial charge in [-0.3, -0.25) is 9.79 Å². The topological polar surface area (TPSA) is 77.2 Å². The molecular formula is C23H22N4O3S. The summed E-state index contributed by atoms with van der Waals surface area (Å²) in [7, 11) is 1.64. The number of hydrogen-bond acceptors (Lipinski definition) is 6. The molecule has 31 heavy (non-hydrogen) atoms.